The van der Waals surface area contributed by atoms with Gasteiger partial charge in [0.05, 0.1) is 30.1 Å². The number of likely N-dealkylation sites (tertiary alicyclic amines) is 1. The van der Waals surface area contributed by atoms with Gasteiger partial charge in [-0.15, -0.1) is 0 Å². The van der Waals surface area contributed by atoms with Gasteiger partial charge in [0.15, 0.2) is 0 Å². The number of aromatic nitrogens is 2. The standard InChI is InChI=1S/C30H36FN5O4/c1-4-21-22(31)8-7-19-15-20(37)16-24(25(19)21)36-17-23-26(28(36)38)27(35-11-6-13-39-14-12-35)33-29(32-23)40-18-30(2)9-5-10-34(30)3/h7-8,15-16,37H,4-6,9-14,17-18H2,1-3H3/t30-/m0/s1. The second-order valence-corrected chi connectivity index (χ2v) is 11.2. The second-order valence-electron chi connectivity index (χ2n) is 11.2. The van der Waals surface area contributed by atoms with Gasteiger partial charge < -0.3 is 24.4 Å². The quantitative estimate of drug-likeness (QED) is 0.487. The van der Waals surface area contributed by atoms with Crippen LogP contribution in [0.25, 0.3) is 10.8 Å². The molecule has 3 aromatic rings. The van der Waals surface area contributed by atoms with Crippen LogP contribution in [-0.4, -0.2) is 77.9 Å². The number of carbonyl (C=O) groups is 1. The number of hydrogen-bond acceptors (Lipinski definition) is 8. The van der Waals surface area contributed by atoms with Gasteiger partial charge in [0.2, 0.25) is 0 Å². The van der Waals surface area contributed by atoms with Gasteiger partial charge in [-0.05, 0) is 69.3 Å². The van der Waals surface area contributed by atoms with E-state index in [0.29, 0.717) is 78.4 Å². The summed E-state index contributed by atoms with van der Waals surface area (Å²) in [6, 6.07) is 6.42. The summed E-state index contributed by atoms with van der Waals surface area (Å²) in [5, 5.41) is 11.8. The first-order chi connectivity index (χ1) is 19.3. The van der Waals surface area contributed by atoms with Crippen LogP contribution in [0.5, 0.6) is 11.8 Å². The van der Waals surface area contributed by atoms with Gasteiger partial charge in [-0.2, -0.15) is 9.97 Å². The van der Waals surface area contributed by atoms with Crippen molar-refractivity contribution in [1.29, 1.82) is 0 Å². The third-order valence-corrected chi connectivity index (χ3v) is 8.65. The molecule has 3 aliphatic rings. The van der Waals surface area contributed by atoms with Crippen LogP contribution in [-0.2, 0) is 17.7 Å². The summed E-state index contributed by atoms with van der Waals surface area (Å²) in [4.78, 5) is 29.6. The minimum atomic E-state index is -0.336. The van der Waals surface area contributed by atoms with Gasteiger partial charge in [0, 0.05) is 31.1 Å². The normalized spacial score (nSPS) is 21.8. The minimum absolute atomic E-state index is 0.00819. The van der Waals surface area contributed by atoms with Crippen LogP contribution in [0.4, 0.5) is 15.9 Å². The number of carbonyl (C=O) groups excluding carboxylic acids is 1. The smallest absolute Gasteiger partial charge is 0.318 e. The Bertz CT molecular complexity index is 1460. The van der Waals surface area contributed by atoms with Gasteiger partial charge in [0.1, 0.15) is 29.6 Å². The molecule has 1 aromatic heterocycles. The lowest BCUT2D eigenvalue weighted by Gasteiger charge is -2.31. The van der Waals surface area contributed by atoms with E-state index in [-0.39, 0.29) is 35.6 Å². The molecule has 1 N–H and O–H groups in total. The predicted molar refractivity (Wildman–Crippen MR) is 151 cm³/mol. The van der Waals surface area contributed by atoms with Crippen LogP contribution in [0, 0.1) is 5.82 Å². The average Bonchev–Trinajstić information content (AvgIpc) is 3.30. The number of halogens is 1. The zero-order valence-corrected chi connectivity index (χ0v) is 23.4. The van der Waals surface area contributed by atoms with E-state index in [2.05, 4.69) is 23.8 Å². The Kier molecular flexibility index (Phi) is 7.00. The molecule has 2 aromatic carbocycles. The van der Waals surface area contributed by atoms with Gasteiger partial charge in [-0.3, -0.25) is 9.69 Å². The molecular formula is C30H36FN5O4. The van der Waals surface area contributed by atoms with Gasteiger partial charge in [-0.1, -0.05) is 13.0 Å². The highest BCUT2D eigenvalue weighted by Crippen LogP contribution is 2.41. The van der Waals surface area contributed by atoms with Crippen LogP contribution in [0.2, 0.25) is 0 Å². The maximum atomic E-state index is 14.9. The maximum Gasteiger partial charge on any atom is 0.318 e. The van der Waals surface area contributed by atoms with Crippen molar-refractivity contribution in [3.8, 4) is 11.8 Å². The van der Waals surface area contributed by atoms with E-state index < -0.39 is 0 Å². The Morgan fingerprint density at radius 3 is 2.77 bits per heavy atom. The number of benzene rings is 2. The van der Waals surface area contributed by atoms with Crippen molar-refractivity contribution >= 4 is 28.2 Å². The van der Waals surface area contributed by atoms with E-state index in [1.807, 2.05) is 6.92 Å². The third kappa shape index (κ3) is 4.62. The van der Waals surface area contributed by atoms with Gasteiger partial charge in [-0.25, -0.2) is 4.39 Å². The number of rotatable bonds is 6. The number of nitrogens with zero attached hydrogens (tertiary/aromatic N) is 5. The van der Waals surface area contributed by atoms with E-state index >= 15 is 0 Å². The zero-order valence-electron chi connectivity index (χ0n) is 23.4. The van der Waals surface area contributed by atoms with E-state index in [0.717, 1.165) is 25.8 Å². The maximum absolute atomic E-state index is 14.9. The number of fused-ring (bicyclic) bond motifs is 2. The molecule has 1 amide bonds. The first-order valence-electron chi connectivity index (χ1n) is 14.1. The van der Waals surface area contributed by atoms with Crippen molar-refractivity contribution < 1.29 is 23.8 Å². The molecular weight excluding hydrogens is 513 g/mol. The first kappa shape index (κ1) is 26.7. The topological polar surface area (TPSA) is 91.3 Å². The van der Waals surface area contributed by atoms with E-state index in [4.69, 9.17) is 19.4 Å². The Hall–Kier alpha value is -3.50. The Morgan fingerprint density at radius 2 is 2.00 bits per heavy atom. The average molecular weight is 550 g/mol. The van der Waals surface area contributed by atoms with Crippen LogP contribution in [0.15, 0.2) is 24.3 Å². The second kappa shape index (κ2) is 10.5. The summed E-state index contributed by atoms with van der Waals surface area (Å²) in [5.41, 5.74) is 1.84. The fourth-order valence-electron chi connectivity index (χ4n) is 6.20. The minimum Gasteiger partial charge on any atom is -0.508 e. The number of phenolic OH excluding ortho intramolecular Hbond substituents is 1. The van der Waals surface area contributed by atoms with Gasteiger partial charge in [0.25, 0.3) is 5.91 Å². The molecule has 212 valence electrons. The van der Waals surface area contributed by atoms with Crippen molar-refractivity contribution in [2.75, 3.05) is 56.3 Å². The molecule has 6 rings (SSSR count). The molecule has 2 saturated heterocycles. The Morgan fingerprint density at radius 1 is 1.15 bits per heavy atom. The molecule has 0 unspecified atom stereocenters. The van der Waals surface area contributed by atoms with Crippen LogP contribution >= 0.6 is 0 Å². The Labute approximate surface area is 233 Å². The fourth-order valence-corrected chi connectivity index (χ4v) is 6.20. The number of hydrogen-bond donors (Lipinski definition) is 1. The molecule has 4 heterocycles. The number of phenols is 1. The van der Waals surface area contributed by atoms with E-state index in [9.17, 15) is 14.3 Å². The highest BCUT2D eigenvalue weighted by atomic mass is 19.1. The van der Waals surface area contributed by atoms with Crippen molar-refractivity contribution in [3.05, 3.63) is 46.9 Å². The number of likely N-dealkylation sites (N-methyl/N-ethyl adjacent to an activating group) is 1. The molecule has 0 spiro atoms. The van der Waals surface area contributed by atoms with Crippen molar-refractivity contribution in [1.82, 2.24) is 14.9 Å². The van der Waals surface area contributed by atoms with E-state index in [1.165, 1.54) is 12.1 Å². The number of ether oxygens (including phenoxy) is 2. The van der Waals surface area contributed by atoms with Crippen LogP contribution in [0.1, 0.15) is 54.7 Å². The predicted octanol–water partition coefficient (Wildman–Crippen LogP) is 4.29. The monoisotopic (exact) mass is 549 g/mol. The molecule has 40 heavy (non-hydrogen) atoms. The largest absolute Gasteiger partial charge is 0.508 e. The third-order valence-electron chi connectivity index (χ3n) is 8.65. The number of aryl methyl sites for hydroxylation is 1. The SMILES string of the molecule is CCc1c(F)ccc2cc(O)cc(N3Cc4nc(OC[C@]5(C)CCCN5C)nc(N5CCCOCC5)c4C3=O)c12. The zero-order chi connectivity index (χ0) is 28.0. The molecule has 1 atom stereocenters. The van der Waals surface area contributed by atoms with Crippen molar-refractivity contribution in [3.63, 3.8) is 0 Å². The van der Waals surface area contributed by atoms with Crippen LogP contribution in [0.3, 0.4) is 0 Å². The highest BCUT2D eigenvalue weighted by molar-refractivity contribution is 6.16. The lowest BCUT2D eigenvalue weighted by molar-refractivity contribution is 0.0996. The number of aromatic hydroxyl groups is 1. The molecule has 0 radical (unpaired) electrons. The van der Waals surface area contributed by atoms with Crippen molar-refractivity contribution in [2.24, 2.45) is 0 Å². The molecule has 9 nitrogen and oxygen atoms in total. The summed E-state index contributed by atoms with van der Waals surface area (Å²) < 4.78 is 26.8. The molecule has 0 saturated carbocycles. The number of anilines is 2. The summed E-state index contributed by atoms with van der Waals surface area (Å²) in [6.07, 6.45) is 3.39. The van der Waals surface area contributed by atoms with E-state index in [1.54, 1.807) is 17.0 Å². The first-order valence-corrected chi connectivity index (χ1v) is 14.1. The summed E-state index contributed by atoms with van der Waals surface area (Å²) in [7, 11) is 2.10. The summed E-state index contributed by atoms with van der Waals surface area (Å²) in [6.45, 7) is 8.16. The molecule has 3 aliphatic heterocycles. The summed E-state index contributed by atoms with van der Waals surface area (Å²) in [5.74, 6) is -0.0669. The number of amides is 1. The fraction of sp³-hybridized carbons (Fsp3) is 0.500. The lowest BCUT2D eigenvalue weighted by atomic mass is 9.99. The molecule has 10 heteroatoms. The Balaban J connectivity index is 1.43. The molecule has 0 bridgehead atoms. The lowest BCUT2D eigenvalue weighted by Crippen LogP contribution is -2.43. The summed E-state index contributed by atoms with van der Waals surface area (Å²) >= 11 is 0. The molecule has 0 aliphatic carbocycles. The van der Waals surface area contributed by atoms with Crippen molar-refractivity contribution in [2.45, 2.75) is 51.6 Å². The molecule has 2 fully saturated rings. The highest BCUT2D eigenvalue weighted by Gasteiger charge is 2.39. The van der Waals surface area contributed by atoms with Gasteiger partial charge >= 0.3 is 6.01 Å². The van der Waals surface area contributed by atoms with Crippen LogP contribution < -0.4 is 14.5 Å².